The van der Waals surface area contributed by atoms with Crippen LogP contribution in [-0.2, 0) is 4.74 Å². The molecular formula is C15H30N2O2. The Balaban J connectivity index is 2.60. The Morgan fingerprint density at radius 1 is 1.26 bits per heavy atom. The molecule has 1 saturated heterocycles. The van der Waals surface area contributed by atoms with E-state index in [0.717, 1.165) is 32.5 Å². The van der Waals surface area contributed by atoms with Crippen molar-refractivity contribution in [3.05, 3.63) is 0 Å². The molecule has 1 heterocycles. The van der Waals surface area contributed by atoms with Gasteiger partial charge in [0.25, 0.3) is 0 Å². The molecule has 1 rings (SSSR count). The van der Waals surface area contributed by atoms with Crippen LogP contribution in [0.2, 0.25) is 0 Å². The lowest BCUT2D eigenvalue weighted by Gasteiger charge is -2.30. The average Bonchev–Trinajstić information content (AvgIpc) is 2.38. The minimum atomic E-state index is -0.420. The van der Waals surface area contributed by atoms with E-state index < -0.39 is 5.60 Å². The molecule has 0 radical (unpaired) electrons. The molecule has 0 aromatic heterocycles. The number of amides is 1. The van der Waals surface area contributed by atoms with E-state index in [-0.39, 0.29) is 11.5 Å². The first-order valence-electron chi connectivity index (χ1n) is 7.28. The Hall–Kier alpha value is -0.770. The quantitative estimate of drug-likeness (QED) is 0.796. The fourth-order valence-electron chi connectivity index (χ4n) is 2.37. The zero-order valence-electron chi connectivity index (χ0n) is 13.4. The highest BCUT2D eigenvalue weighted by atomic mass is 16.6. The molecule has 0 bridgehead atoms. The summed E-state index contributed by atoms with van der Waals surface area (Å²) in [6, 6.07) is 0.356. The lowest BCUT2D eigenvalue weighted by atomic mass is 9.88. The lowest BCUT2D eigenvalue weighted by molar-refractivity contribution is 0.0240. The van der Waals surface area contributed by atoms with Gasteiger partial charge in [-0.05, 0) is 45.6 Å². The molecule has 0 saturated carbocycles. The summed E-state index contributed by atoms with van der Waals surface area (Å²) in [7, 11) is 0. The number of nitrogens with zero attached hydrogens (tertiary/aromatic N) is 1. The molecular weight excluding hydrogens is 240 g/mol. The van der Waals surface area contributed by atoms with Crippen molar-refractivity contribution in [3.8, 4) is 0 Å². The van der Waals surface area contributed by atoms with Gasteiger partial charge in [0.2, 0.25) is 0 Å². The van der Waals surface area contributed by atoms with Gasteiger partial charge in [-0.1, -0.05) is 20.8 Å². The van der Waals surface area contributed by atoms with E-state index in [4.69, 9.17) is 4.74 Å². The van der Waals surface area contributed by atoms with Crippen LogP contribution in [0.5, 0.6) is 0 Å². The third-order valence-electron chi connectivity index (χ3n) is 2.99. The van der Waals surface area contributed by atoms with Crippen molar-refractivity contribution < 1.29 is 9.53 Å². The molecule has 1 fully saturated rings. The van der Waals surface area contributed by atoms with Gasteiger partial charge in [0.15, 0.2) is 0 Å². The molecule has 4 nitrogen and oxygen atoms in total. The molecule has 0 aromatic rings. The molecule has 1 N–H and O–H groups in total. The first kappa shape index (κ1) is 16.3. The lowest BCUT2D eigenvalue weighted by Crippen LogP contribution is -2.44. The van der Waals surface area contributed by atoms with Gasteiger partial charge in [0.1, 0.15) is 5.60 Å². The van der Waals surface area contributed by atoms with Crippen LogP contribution >= 0.6 is 0 Å². The highest BCUT2D eigenvalue weighted by Gasteiger charge is 2.28. The molecule has 0 spiro atoms. The molecule has 1 amide bonds. The van der Waals surface area contributed by atoms with Gasteiger partial charge in [-0.15, -0.1) is 0 Å². The van der Waals surface area contributed by atoms with E-state index in [0.29, 0.717) is 6.04 Å². The number of hydrogen-bond donors (Lipinski definition) is 1. The van der Waals surface area contributed by atoms with Crippen LogP contribution in [0.15, 0.2) is 0 Å². The molecule has 0 aromatic carbocycles. The molecule has 0 aliphatic carbocycles. The number of ether oxygens (including phenoxy) is 1. The van der Waals surface area contributed by atoms with Crippen LogP contribution in [0.4, 0.5) is 4.79 Å². The standard InChI is InChI=1S/C15H30N2O2/c1-14(2,3)10-12-11-17(9-7-8-16-12)13(18)19-15(4,5)6/h12,16H,7-11H2,1-6H3. The van der Waals surface area contributed by atoms with Crippen molar-refractivity contribution in [3.63, 3.8) is 0 Å². The minimum absolute atomic E-state index is 0.185. The van der Waals surface area contributed by atoms with Crippen molar-refractivity contribution in [2.24, 2.45) is 5.41 Å². The maximum atomic E-state index is 12.2. The summed E-state index contributed by atoms with van der Waals surface area (Å²) in [6.07, 6.45) is 1.86. The topological polar surface area (TPSA) is 41.6 Å². The fraction of sp³-hybridized carbons (Fsp3) is 0.933. The number of carbonyl (C=O) groups is 1. The molecule has 1 aliphatic rings. The van der Waals surface area contributed by atoms with Crippen molar-refractivity contribution in [1.82, 2.24) is 10.2 Å². The van der Waals surface area contributed by atoms with E-state index in [1.54, 1.807) is 0 Å². The van der Waals surface area contributed by atoms with E-state index >= 15 is 0 Å². The van der Waals surface area contributed by atoms with Crippen molar-refractivity contribution in [2.45, 2.75) is 66.0 Å². The summed E-state index contributed by atoms with van der Waals surface area (Å²) in [5, 5.41) is 3.54. The second-order valence-corrected chi connectivity index (χ2v) is 7.70. The second-order valence-electron chi connectivity index (χ2n) is 7.70. The van der Waals surface area contributed by atoms with Gasteiger partial charge in [0.05, 0.1) is 0 Å². The Bertz CT molecular complexity index is 302. The summed E-state index contributed by atoms with van der Waals surface area (Å²) in [5.74, 6) is 0. The second kappa shape index (κ2) is 6.12. The van der Waals surface area contributed by atoms with Crippen LogP contribution in [0.3, 0.4) is 0 Å². The summed E-state index contributed by atoms with van der Waals surface area (Å²) in [4.78, 5) is 14.0. The molecule has 19 heavy (non-hydrogen) atoms. The minimum Gasteiger partial charge on any atom is -0.444 e. The van der Waals surface area contributed by atoms with Crippen molar-refractivity contribution in [2.75, 3.05) is 19.6 Å². The largest absolute Gasteiger partial charge is 0.444 e. The van der Waals surface area contributed by atoms with E-state index in [1.807, 2.05) is 25.7 Å². The highest BCUT2D eigenvalue weighted by Crippen LogP contribution is 2.22. The van der Waals surface area contributed by atoms with E-state index in [9.17, 15) is 4.79 Å². The first-order valence-corrected chi connectivity index (χ1v) is 7.28. The van der Waals surface area contributed by atoms with Crippen molar-refractivity contribution in [1.29, 1.82) is 0 Å². The predicted molar refractivity (Wildman–Crippen MR) is 78.3 cm³/mol. The zero-order chi connectivity index (χ0) is 14.7. The summed E-state index contributed by atoms with van der Waals surface area (Å²) in [6.45, 7) is 14.9. The van der Waals surface area contributed by atoms with Gasteiger partial charge < -0.3 is 15.0 Å². The number of carbonyl (C=O) groups excluding carboxylic acids is 1. The third-order valence-corrected chi connectivity index (χ3v) is 2.99. The summed E-state index contributed by atoms with van der Waals surface area (Å²) >= 11 is 0. The van der Waals surface area contributed by atoms with Gasteiger partial charge in [-0.2, -0.15) is 0 Å². The maximum Gasteiger partial charge on any atom is 0.410 e. The number of nitrogens with one attached hydrogen (secondary N) is 1. The maximum absolute atomic E-state index is 12.2. The van der Waals surface area contributed by atoms with Gasteiger partial charge in [-0.25, -0.2) is 4.79 Å². The Morgan fingerprint density at radius 2 is 1.89 bits per heavy atom. The molecule has 1 aliphatic heterocycles. The first-order chi connectivity index (χ1) is 8.57. The average molecular weight is 270 g/mol. The van der Waals surface area contributed by atoms with Crippen LogP contribution < -0.4 is 5.32 Å². The molecule has 112 valence electrons. The van der Waals surface area contributed by atoms with Crippen LogP contribution in [0.25, 0.3) is 0 Å². The van der Waals surface area contributed by atoms with E-state index in [1.165, 1.54) is 0 Å². The van der Waals surface area contributed by atoms with Crippen LogP contribution in [0.1, 0.15) is 54.4 Å². The summed E-state index contributed by atoms with van der Waals surface area (Å²) < 4.78 is 5.47. The number of hydrogen-bond acceptors (Lipinski definition) is 3. The van der Waals surface area contributed by atoms with Gasteiger partial charge in [-0.3, -0.25) is 0 Å². The number of rotatable bonds is 1. The van der Waals surface area contributed by atoms with E-state index in [2.05, 4.69) is 26.1 Å². The molecule has 1 unspecified atom stereocenters. The van der Waals surface area contributed by atoms with Gasteiger partial charge in [0, 0.05) is 19.1 Å². The van der Waals surface area contributed by atoms with Gasteiger partial charge >= 0.3 is 6.09 Å². The zero-order valence-corrected chi connectivity index (χ0v) is 13.4. The molecule has 1 atom stereocenters. The SMILES string of the molecule is CC(C)(C)CC1CN(C(=O)OC(C)(C)C)CCCN1. The predicted octanol–water partition coefficient (Wildman–Crippen LogP) is 3.02. The van der Waals surface area contributed by atoms with Crippen LogP contribution in [0, 0.1) is 5.41 Å². The Labute approximate surface area is 117 Å². The van der Waals surface area contributed by atoms with Crippen LogP contribution in [-0.4, -0.2) is 42.3 Å². The highest BCUT2D eigenvalue weighted by molar-refractivity contribution is 5.68. The summed E-state index contributed by atoms with van der Waals surface area (Å²) in [5.41, 5.74) is -0.155. The Kier molecular flexibility index (Phi) is 5.25. The normalized spacial score (nSPS) is 22.0. The smallest absolute Gasteiger partial charge is 0.410 e. The monoisotopic (exact) mass is 270 g/mol. The molecule has 4 heteroatoms. The Morgan fingerprint density at radius 3 is 2.42 bits per heavy atom. The fourth-order valence-corrected chi connectivity index (χ4v) is 2.37. The van der Waals surface area contributed by atoms with Crippen molar-refractivity contribution >= 4 is 6.09 Å². The third kappa shape index (κ3) is 6.81.